The van der Waals surface area contributed by atoms with Crippen molar-refractivity contribution in [1.29, 1.82) is 0 Å². The van der Waals surface area contributed by atoms with E-state index in [1.54, 1.807) is 12.1 Å². The highest BCUT2D eigenvalue weighted by Crippen LogP contribution is 2.37. The second kappa shape index (κ2) is 7.08. The number of nitro benzene ring substituents is 1. The van der Waals surface area contributed by atoms with Gasteiger partial charge in [-0.2, -0.15) is 0 Å². The molecule has 7 nitrogen and oxygen atoms in total. The largest absolute Gasteiger partial charge is 0.502 e. The van der Waals surface area contributed by atoms with Crippen molar-refractivity contribution >= 4 is 56.2 Å². The lowest BCUT2D eigenvalue weighted by atomic mass is 10.1. The summed E-state index contributed by atoms with van der Waals surface area (Å²) in [7, 11) is 0. The Balaban J connectivity index is 1.94. The number of hydrogen-bond acceptors (Lipinski definition) is 6. The van der Waals surface area contributed by atoms with Crippen molar-refractivity contribution in [2.24, 2.45) is 4.99 Å². The molecule has 1 heterocycles. The molecule has 0 aromatic heterocycles. The molecule has 9 heteroatoms. The number of amidine groups is 1. The summed E-state index contributed by atoms with van der Waals surface area (Å²) in [6.45, 7) is 0. The molecule has 1 amide bonds. The van der Waals surface area contributed by atoms with Crippen molar-refractivity contribution in [3.8, 4) is 5.75 Å². The minimum atomic E-state index is -0.688. The Bertz CT molecular complexity index is 928. The molecule has 0 spiro atoms. The molecule has 0 atom stereocenters. The van der Waals surface area contributed by atoms with Crippen LogP contribution in [0.15, 0.2) is 56.8 Å². The van der Waals surface area contributed by atoms with Gasteiger partial charge in [0.25, 0.3) is 5.91 Å². The first-order chi connectivity index (χ1) is 11.9. The SMILES string of the molecule is O=C1NC(=Nc2ccccc2)S/C1=C\c1cc(Br)cc([N+](=O)[O-])c1O. The Labute approximate surface area is 154 Å². The second-order valence-corrected chi connectivity index (χ2v) is 6.88. The number of thioether (sulfide) groups is 1. The number of carbonyl (C=O) groups is 1. The van der Waals surface area contributed by atoms with Crippen molar-refractivity contribution in [2.75, 3.05) is 0 Å². The minimum Gasteiger partial charge on any atom is -0.502 e. The van der Waals surface area contributed by atoms with E-state index in [1.807, 2.05) is 18.2 Å². The first-order valence-corrected chi connectivity index (χ1v) is 8.56. The maximum atomic E-state index is 12.1. The van der Waals surface area contributed by atoms with Crippen molar-refractivity contribution in [2.45, 2.75) is 0 Å². The van der Waals surface area contributed by atoms with E-state index in [4.69, 9.17) is 0 Å². The molecule has 2 aromatic carbocycles. The maximum Gasteiger partial charge on any atom is 0.312 e. The van der Waals surface area contributed by atoms with E-state index in [2.05, 4.69) is 26.2 Å². The molecule has 1 aliphatic heterocycles. The zero-order chi connectivity index (χ0) is 18.0. The van der Waals surface area contributed by atoms with Gasteiger partial charge in [-0.3, -0.25) is 14.9 Å². The first kappa shape index (κ1) is 17.2. The molecule has 0 unspecified atom stereocenters. The number of rotatable bonds is 3. The summed E-state index contributed by atoms with van der Waals surface area (Å²) in [6, 6.07) is 11.8. The number of carbonyl (C=O) groups excluding carboxylic acids is 1. The number of phenols is 1. The molecular formula is C16H10BrN3O4S. The van der Waals surface area contributed by atoms with Gasteiger partial charge in [0.05, 0.1) is 15.5 Å². The summed E-state index contributed by atoms with van der Waals surface area (Å²) in [5.41, 5.74) is 0.412. The Morgan fingerprint density at radius 3 is 2.68 bits per heavy atom. The first-order valence-electron chi connectivity index (χ1n) is 6.95. The summed E-state index contributed by atoms with van der Waals surface area (Å²) < 4.78 is 0.422. The summed E-state index contributed by atoms with van der Waals surface area (Å²) >= 11 is 4.25. The molecule has 1 aliphatic rings. The number of halogens is 1. The lowest BCUT2D eigenvalue weighted by Gasteiger charge is -2.02. The van der Waals surface area contributed by atoms with Gasteiger partial charge in [-0.1, -0.05) is 34.1 Å². The van der Waals surface area contributed by atoms with Crippen LogP contribution in [0.2, 0.25) is 0 Å². The van der Waals surface area contributed by atoms with Crippen LogP contribution < -0.4 is 5.32 Å². The standard InChI is InChI=1S/C16H10BrN3O4S/c17-10-6-9(14(21)12(8-10)20(23)24)7-13-15(22)19-16(25-13)18-11-4-2-1-3-5-11/h1-8,21H,(H,18,19,22)/b13-7-. The molecule has 25 heavy (non-hydrogen) atoms. The quantitative estimate of drug-likeness (QED) is 0.445. The Hall–Kier alpha value is -2.65. The van der Waals surface area contributed by atoms with Crippen LogP contribution >= 0.6 is 27.7 Å². The van der Waals surface area contributed by atoms with E-state index >= 15 is 0 Å². The summed E-state index contributed by atoms with van der Waals surface area (Å²) in [6.07, 6.45) is 1.39. The molecule has 2 aromatic rings. The fourth-order valence-corrected chi connectivity index (χ4v) is 3.39. The number of benzene rings is 2. The van der Waals surface area contributed by atoms with Crippen LogP contribution in [0.5, 0.6) is 5.75 Å². The van der Waals surface area contributed by atoms with Gasteiger partial charge >= 0.3 is 5.69 Å². The van der Waals surface area contributed by atoms with Gasteiger partial charge in [-0.05, 0) is 36.0 Å². The normalized spacial score (nSPS) is 17.1. The smallest absolute Gasteiger partial charge is 0.312 e. The number of nitrogens with zero attached hydrogens (tertiary/aromatic N) is 2. The van der Waals surface area contributed by atoms with Crippen LogP contribution in [0, 0.1) is 10.1 Å². The fourth-order valence-electron chi connectivity index (χ4n) is 2.10. The van der Waals surface area contributed by atoms with Gasteiger partial charge in [0.1, 0.15) is 0 Å². The molecule has 0 aliphatic carbocycles. The van der Waals surface area contributed by atoms with Gasteiger partial charge in [0.15, 0.2) is 5.17 Å². The Morgan fingerprint density at radius 1 is 1.28 bits per heavy atom. The number of phenolic OH excluding ortho intramolecular Hbond substituents is 1. The number of para-hydroxylation sites is 1. The van der Waals surface area contributed by atoms with Gasteiger partial charge in [0.2, 0.25) is 5.75 Å². The third-order valence-corrected chi connectivity index (χ3v) is 4.57. The van der Waals surface area contributed by atoms with E-state index in [0.717, 1.165) is 11.8 Å². The average Bonchev–Trinajstić information content (AvgIpc) is 2.90. The van der Waals surface area contributed by atoms with Crippen molar-refractivity contribution in [1.82, 2.24) is 5.32 Å². The summed E-state index contributed by atoms with van der Waals surface area (Å²) in [5.74, 6) is -0.885. The number of aliphatic imine (C=N–C) groups is 1. The highest BCUT2D eigenvalue weighted by atomic mass is 79.9. The molecular weight excluding hydrogens is 410 g/mol. The lowest BCUT2D eigenvalue weighted by molar-refractivity contribution is -0.385. The van der Waals surface area contributed by atoms with E-state index in [0.29, 0.717) is 15.3 Å². The Kier molecular flexibility index (Phi) is 4.86. The average molecular weight is 420 g/mol. The van der Waals surface area contributed by atoms with E-state index in [-0.39, 0.29) is 16.4 Å². The molecule has 1 saturated heterocycles. The molecule has 126 valence electrons. The van der Waals surface area contributed by atoms with Crippen LogP contribution in [0.4, 0.5) is 11.4 Å². The lowest BCUT2D eigenvalue weighted by Crippen LogP contribution is -2.19. The minimum absolute atomic E-state index is 0.166. The zero-order valence-electron chi connectivity index (χ0n) is 12.5. The van der Waals surface area contributed by atoms with E-state index in [1.165, 1.54) is 18.2 Å². The van der Waals surface area contributed by atoms with Crippen molar-refractivity contribution < 1.29 is 14.8 Å². The van der Waals surface area contributed by atoms with Gasteiger partial charge in [0, 0.05) is 16.1 Å². The molecule has 0 bridgehead atoms. The van der Waals surface area contributed by atoms with E-state index in [9.17, 15) is 20.0 Å². The van der Waals surface area contributed by atoms with Gasteiger partial charge in [-0.25, -0.2) is 4.99 Å². The predicted octanol–water partition coefficient (Wildman–Crippen LogP) is 3.95. The van der Waals surface area contributed by atoms with Crippen molar-refractivity contribution in [3.05, 3.63) is 67.5 Å². The van der Waals surface area contributed by atoms with Gasteiger partial charge in [-0.15, -0.1) is 0 Å². The van der Waals surface area contributed by atoms with E-state index < -0.39 is 16.4 Å². The summed E-state index contributed by atoms with van der Waals surface area (Å²) in [5, 5.41) is 24.1. The molecule has 1 fully saturated rings. The zero-order valence-corrected chi connectivity index (χ0v) is 14.9. The third kappa shape index (κ3) is 3.89. The van der Waals surface area contributed by atoms with Crippen LogP contribution in [0.3, 0.4) is 0 Å². The highest BCUT2D eigenvalue weighted by Gasteiger charge is 2.25. The van der Waals surface area contributed by atoms with Gasteiger partial charge < -0.3 is 10.4 Å². The number of amides is 1. The van der Waals surface area contributed by atoms with Crippen LogP contribution in [-0.2, 0) is 4.79 Å². The number of hydrogen-bond donors (Lipinski definition) is 2. The maximum absolute atomic E-state index is 12.1. The second-order valence-electron chi connectivity index (χ2n) is 4.94. The topological polar surface area (TPSA) is 105 Å². The number of nitrogens with one attached hydrogen (secondary N) is 1. The molecule has 0 saturated carbocycles. The predicted molar refractivity (Wildman–Crippen MR) is 99.7 cm³/mol. The number of aromatic hydroxyl groups is 1. The van der Waals surface area contributed by atoms with Crippen LogP contribution in [0.1, 0.15) is 5.56 Å². The molecule has 2 N–H and O–H groups in total. The van der Waals surface area contributed by atoms with Crippen LogP contribution in [0.25, 0.3) is 6.08 Å². The monoisotopic (exact) mass is 419 g/mol. The number of nitro groups is 1. The van der Waals surface area contributed by atoms with Crippen molar-refractivity contribution in [3.63, 3.8) is 0 Å². The highest BCUT2D eigenvalue weighted by molar-refractivity contribution is 9.10. The van der Waals surface area contributed by atoms with Crippen LogP contribution in [-0.4, -0.2) is 21.1 Å². The third-order valence-electron chi connectivity index (χ3n) is 3.21. The molecule has 3 rings (SSSR count). The fraction of sp³-hybridized carbons (Fsp3) is 0. The molecule has 0 radical (unpaired) electrons. The Morgan fingerprint density at radius 2 is 2.00 bits per heavy atom. The summed E-state index contributed by atoms with van der Waals surface area (Å²) in [4.78, 5) is 27.0.